The van der Waals surface area contributed by atoms with E-state index in [0.717, 1.165) is 0 Å². The molecule has 0 saturated heterocycles. The SMILES string of the molecule is Cc1c(O)c2c(C)ncnc2n(O)c1=O. The van der Waals surface area contributed by atoms with Crippen molar-refractivity contribution in [1.82, 2.24) is 14.7 Å². The predicted octanol–water partition coefficient (Wildman–Crippen LogP) is 0.351. The second kappa shape index (κ2) is 2.94. The highest BCUT2D eigenvalue weighted by Gasteiger charge is 2.15. The van der Waals surface area contributed by atoms with E-state index in [9.17, 15) is 15.1 Å². The predicted molar refractivity (Wildman–Crippen MR) is 52.1 cm³/mol. The summed E-state index contributed by atoms with van der Waals surface area (Å²) in [5.74, 6) is -0.182. The van der Waals surface area contributed by atoms with Crippen LogP contribution >= 0.6 is 0 Å². The van der Waals surface area contributed by atoms with Gasteiger partial charge in [-0.25, -0.2) is 9.97 Å². The normalized spacial score (nSPS) is 10.8. The van der Waals surface area contributed by atoms with Crippen LogP contribution in [0.2, 0.25) is 0 Å². The molecule has 0 fully saturated rings. The van der Waals surface area contributed by atoms with Crippen LogP contribution < -0.4 is 5.56 Å². The van der Waals surface area contributed by atoms with Gasteiger partial charge in [-0.1, -0.05) is 0 Å². The van der Waals surface area contributed by atoms with Crippen molar-refractivity contribution in [1.29, 1.82) is 0 Å². The number of hydrogen-bond donors (Lipinski definition) is 2. The average Bonchev–Trinajstić information content (AvgIpc) is 2.23. The van der Waals surface area contributed by atoms with Crippen molar-refractivity contribution in [2.24, 2.45) is 0 Å². The molecule has 2 rings (SSSR count). The maximum atomic E-state index is 11.4. The highest BCUT2D eigenvalue weighted by Crippen LogP contribution is 2.25. The smallest absolute Gasteiger partial charge is 0.291 e. The molecular weight excluding hydrogens is 198 g/mol. The first kappa shape index (κ1) is 9.45. The zero-order chi connectivity index (χ0) is 11.2. The third-order valence-electron chi connectivity index (χ3n) is 2.32. The molecule has 0 aromatic carbocycles. The zero-order valence-electron chi connectivity index (χ0n) is 8.22. The van der Waals surface area contributed by atoms with E-state index >= 15 is 0 Å². The molecule has 78 valence electrons. The van der Waals surface area contributed by atoms with Crippen LogP contribution in [0.25, 0.3) is 11.0 Å². The van der Waals surface area contributed by atoms with Gasteiger partial charge in [0.15, 0.2) is 5.65 Å². The first-order valence-electron chi connectivity index (χ1n) is 4.29. The first-order valence-corrected chi connectivity index (χ1v) is 4.29. The summed E-state index contributed by atoms with van der Waals surface area (Å²) < 4.78 is 0.416. The monoisotopic (exact) mass is 207 g/mol. The standard InChI is InChI=1S/C9H9N3O3/c1-4-7(13)6-5(2)10-3-11-8(6)12(15)9(4)14/h3,13,15H,1-2H3. The summed E-state index contributed by atoms with van der Waals surface area (Å²) in [5, 5.41) is 19.5. The lowest BCUT2D eigenvalue weighted by atomic mass is 10.2. The summed E-state index contributed by atoms with van der Waals surface area (Å²) in [7, 11) is 0. The molecule has 6 heteroatoms. The van der Waals surface area contributed by atoms with Crippen molar-refractivity contribution in [2.75, 3.05) is 0 Å². The Kier molecular flexibility index (Phi) is 1.85. The molecule has 0 aliphatic heterocycles. The lowest BCUT2D eigenvalue weighted by Crippen LogP contribution is -2.21. The summed E-state index contributed by atoms with van der Waals surface area (Å²) in [6.45, 7) is 3.09. The summed E-state index contributed by atoms with van der Waals surface area (Å²) in [6.07, 6.45) is 1.22. The van der Waals surface area contributed by atoms with Crippen LogP contribution in [-0.4, -0.2) is 25.0 Å². The number of aromatic nitrogens is 3. The largest absolute Gasteiger partial charge is 0.507 e. The lowest BCUT2D eigenvalue weighted by molar-refractivity contribution is 0.185. The molecule has 2 heterocycles. The molecule has 6 nitrogen and oxygen atoms in total. The summed E-state index contributed by atoms with van der Waals surface area (Å²) in [6, 6.07) is 0. The maximum Gasteiger partial charge on any atom is 0.291 e. The van der Waals surface area contributed by atoms with E-state index in [1.807, 2.05) is 0 Å². The molecule has 0 aliphatic carbocycles. The van der Waals surface area contributed by atoms with Gasteiger partial charge in [0.25, 0.3) is 5.56 Å². The van der Waals surface area contributed by atoms with Gasteiger partial charge < -0.3 is 10.3 Å². The molecule has 0 amide bonds. The van der Waals surface area contributed by atoms with Gasteiger partial charge in [0.2, 0.25) is 0 Å². The zero-order valence-corrected chi connectivity index (χ0v) is 8.22. The Morgan fingerprint density at radius 3 is 2.67 bits per heavy atom. The van der Waals surface area contributed by atoms with Gasteiger partial charge in [-0.2, -0.15) is 0 Å². The fourth-order valence-electron chi connectivity index (χ4n) is 1.44. The summed E-state index contributed by atoms with van der Waals surface area (Å²) >= 11 is 0. The molecule has 2 aromatic rings. The molecule has 0 radical (unpaired) electrons. The molecule has 0 atom stereocenters. The molecule has 2 N–H and O–H groups in total. The molecule has 0 aliphatic rings. The number of pyridine rings is 1. The molecule has 15 heavy (non-hydrogen) atoms. The van der Waals surface area contributed by atoms with Crippen LogP contribution in [-0.2, 0) is 0 Å². The van der Waals surface area contributed by atoms with E-state index < -0.39 is 5.56 Å². The first-order chi connectivity index (χ1) is 7.04. The number of hydrogen-bond acceptors (Lipinski definition) is 5. The second-order valence-corrected chi connectivity index (χ2v) is 3.25. The Balaban J connectivity index is 3.15. The van der Waals surface area contributed by atoms with Gasteiger partial charge in [0.1, 0.15) is 12.1 Å². The van der Waals surface area contributed by atoms with Crippen molar-refractivity contribution in [3.63, 3.8) is 0 Å². The second-order valence-electron chi connectivity index (χ2n) is 3.25. The van der Waals surface area contributed by atoms with Crippen molar-refractivity contribution >= 4 is 11.0 Å². The van der Waals surface area contributed by atoms with Gasteiger partial charge >= 0.3 is 0 Å². The van der Waals surface area contributed by atoms with E-state index in [1.54, 1.807) is 6.92 Å². The average molecular weight is 207 g/mol. The van der Waals surface area contributed by atoms with Gasteiger partial charge in [-0.3, -0.25) is 4.79 Å². The van der Waals surface area contributed by atoms with Crippen molar-refractivity contribution in [2.45, 2.75) is 13.8 Å². The van der Waals surface area contributed by atoms with E-state index in [1.165, 1.54) is 13.3 Å². The van der Waals surface area contributed by atoms with E-state index in [2.05, 4.69) is 9.97 Å². The molecule has 0 unspecified atom stereocenters. The molecule has 0 spiro atoms. The molecule has 0 bridgehead atoms. The number of fused-ring (bicyclic) bond motifs is 1. The van der Waals surface area contributed by atoms with Gasteiger partial charge in [0.05, 0.1) is 16.6 Å². The number of nitrogens with zero attached hydrogens (tertiary/aromatic N) is 3. The summed E-state index contributed by atoms with van der Waals surface area (Å²) in [4.78, 5) is 19.0. The lowest BCUT2D eigenvalue weighted by Gasteiger charge is -2.07. The number of aryl methyl sites for hydroxylation is 1. The Morgan fingerprint density at radius 2 is 2.00 bits per heavy atom. The number of rotatable bonds is 0. The van der Waals surface area contributed by atoms with Gasteiger partial charge in [-0.15, -0.1) is 4.73 Å². The van der Waals surface area contributed by atoms with Crippen LogP contribution in [0.15, 0.2) is 11.1 Å². The summed E-state index contributed by atoms with van der Waals surface area (Å²) in [5.41, 5.74) is -0.0972. The van der Waals surface area contributed by atoms with E-state index in [-0.39, 0.29) is 22.3 Å². The topological polar surface area (TPSA) is 88.2 Å². The van der Waals surface area contributed by atoms with Crippen molar-refractivity contribution in [3.05, 3.63) is 27.9 Å². The third kappa shape index (κ3) is 1.14. The fourth-order valence-corrected chi connectivity index (χ4v) is 1.44. The Labute approximate surface area is 84.4 Å². The quantitative estimate of drug-likeness (QED) is 0.608. The molecule has 0 saturated carbocycles. The highest BCUT2D eigenvalue weighted by atomic mass is 16.5. The maximum absolute atomic E-state index is 11.4. The van der Waals surface area contributed by atoms with E-state index in [4.69, 9.17) is 0 Å². The van der Waals surface area contributed by atoms with Crippen LogP contribution in [0.5, 0.6) is 5.75 Å². The minimum Gasteiger partial charge on any atom is -0.507 e. The van der Waals surface area contributed by atoms with Crippen LogP contribution in [0.4, 0.5) is 0 Å². The molecular formula is C9H9N3O3. The van der Waals surface area contributed by atoms with Gasteiger partial charge in [-0.05, 0) is 13.8 Å². The van der Waals surface area contributed by atoms with Crippen LogP contribution in [0.1, 0.15) is 11.3 Å². The molecule has 2 aromatic heterocycles. The minimum absolute atomic E-state index is 0.00981. The van der Waals surface area contributed by atoms with Crippen molar-refractivity contribution < 1.29 is 10.3 Å². The Hall–Kier alpha value is -2.11. The van der Waals surface area contributed by atoms with Crippen molar-refractivity contribution in [3.8, 4) is 5.75 Å². The third-order valence-corrected chi connectivity index (χ3v) is 2.32. The van der Waals surface area contributed by atoms with Crippen LogP contribution in [0, 0.1) is 13.8 Å². The van der Waals surface area contributed by atoms with Crippen LogP contribution in [0.3, 0.4) is 0 Å². The Morgan fingerprint density at radius 1 is 1.33 bits per heavy atom. The Bertz CT molecular complexity index is 604. The highest BCUT2D eigenvalue weighted by molar-refractivity contribution is 5.84. The number of aromatic hydroxyl groups is 1. The minimum atomic E-state index is -0.682. The van der Waals surface area contributed by atoms with Gasteiger partial charge in [0, 0.05) is 0 Å². The van der Waals surface area contributed by atoms with E-state index in [0.29, 0.717) is 10.4 Å². The fraction of sp³-hybridized carbons (Fsp3) is 0.222.